The molecular formula is C17H20N4O6S. The molecule has 0 aliphatic carbocycles. The molecule has 11 heteroatoms. The van der Waals surface area contributed by atoms with Crippen LogP contribution in [0.25, 0.3) is 0 Å². The Balaban J connectivity index is 1.79. The molecule has 1 unspecified atom stereocenters. The third kappa shape index (κ3) is 4.20. The fourth-order valence-corrected chi connectivity index (χ4v) is 4.74. The molecule has 0 N–H and O–H groups in total. The van der Waals surface area contributed by atoms with Gasteiger partial charge in [0, 0.05) is 30.8 Å². The zero-order chi connectivity index (χ0) is 20.3. The molecule has 2 aromatic rings. The van der Waals surface area contributed by atoms with Crippen molar-refractivity contribution < 1.29 is 22.8 Å². The van der Waals surface area contributed by atoms with E-state index in [4.69, 9.17) is 9.47 Å². The van der Waals surface area contributed by atoms with Gasteiger partial charge >= 0.3 is 0 Å². The normalized spacial score (nSPS) is 17.9. The number of non-ortho nitro benzene ring substituents is 1. The number of nitrogens with zero attached hydrogens (tertiary/aromatic N) is 4. The van der Waals surface area contributed by atoms with E-state index in [1.165, 1.54) is 23.5 Å². The van der Waals surface area contributed by atoms with E-state index in [1.807, 2.05) is 0 Å². The van der Waals surface area contributed by atoms with Crippen molar-refractivity contribution in [2.75, 3.05) is 20.2 Å². The molecule has 1 fully saturated rings. The number of hydrogen-bond acceptors (Lipinski definition) is 8. The fourth-order valence-electron chi connectivity index (χ4n) is 2.99. The van der Waals surface area contributed by atoms with E-state index in [0.717, 1.165) is 6.07 Å². The van der Waals surface area contributed by atoms with Gasteiger partial charge in [0.25, 0.3) is 5.69 Å². The summed E-state index contributed by atoms with van der Waals surface area (Å²) in [7, 11) is -2.42. The number of piperidine rings is 1. The van der Waals surface area contributed by atoms with Crippen LogP contribution < -0.4 is 9.47 Å². The van der Waals surface area contributed by atoms with Gasteiger partial charge in [0.1, 0.15) is 6.10 Å². The first-order chi connectivity index (χ1) is 13.3. The van der Waals surface area contributed by atoms with Crippen molar-refractivity contribution in [3.05, 3.63) is 46.0 Å². The van der Waals surface area contributed by atoms with E-state index in [2.05, 4.69) is 10.2 Å². The Labute approximate surface area is 162 Å². The molecule has 0 amide bonds. The van der Waals surface area contributed by atoms with E-state index >= 15 is 0 Å². The highest BCUT2D eigenvalue weighted by molar-refractivity contribution is 7.89. The SMILES string of the molecule is COc1ccc(OC2CCCN(S(=O)(=O)c3cc([N+](=O)[O-])ccc3C)C2)nn1. The summed E-state index contributed by atoms with van der Waals surface area (Å²) in [4.78, 5) is 10.4. The van der Waals surface area contributed by atoms with Crippen LogP contribution in [0.4, 0.5) is 5.69 Å². The third-order valence-electron chi connectivity index (χ3n) is 4.45. The monoisotopic (exact) mass is 408 g/mol. The number of benzene rings is 1. The predicted molar refractivity (Wildman–Crippen MR) is 98.8 cm³/mol. The van der Waals surface area contributed by atoms with Gasteiger partial charge in [-0.25, -0.2) is 8.42 Å². The summed E-state index contributed by atoms with van der Waals surface area (Å²) in [6.07, 6.45) is 0.861. The van der Waals surface area contributed by atoms with E-state index in [0.29, 0.717) is 30.8 Å². The molecule has 1 aromatic heterocycles. The number of aryl methyl sites for hydroxylation is 1. The topological polar surface area (TPSA) is 125 Å². The predicted octanol–water partition coefficient (Wildman–Crippen LogP) is 1.93. The van der Waals surface area contributed by atoms with Crippen LogP contribution in [0.1, 0.15) is 18.4 Å². The molecular weight excluding hydrogens is 388 g/mol. The van der Waals surface area contributed by atoms with Gasteiger partial charge < -0.3 is 9.47 Å². The molecule has 3 rings (SSSR count). The summed E-state index contributed by atoms with van der Waals surface area (Å²) in [6, 6.07) is 7.04. The van der Waals surface area contributed by atoms with Crippen LogP contribution in [0.15, 0.2) is 35.2 Å². The van der Waals surface area contributed by atoms with Crippen molar-refractivity contribution in [2.45, 2.75) is 30.8 Å². The summed E-state index contributed by atoms with van der Waals surface area (Å²) < 4.78 is 38.1. The first kappa shape index (κ1) is 20.0. The Kier molecular flexibility index (Phi) is 5.75. The maximum atomic E-state index is 13.1. The van der Waals surface area contributed by atoms with Gasteiger partial charge in [0.2, 0.25) is 21.8 Å². The molecule has 1 aliphatic heterocycles. The number of sulfonamides is 1. The van der Waals surface area contributed by atoms with Crippen molar-refractivity contribution in [3.63, 3.8) is 0 Å². The number of nitro groups is 1. The number of methoxy groups -OCH3 is 1. The summed E-state index contributed by atoms with van der Waals surface area (Å²) in [5.74, 6) is 0.623. The molecule has 0 bridgehead atoms. The summed E-state index contributed by atoms with van der Waals surface area (Å²) in [5.41, 5.74) is 0.192. The second-order valence-electron chi connectivity index (χ2n) is 6.37. The van der Waals surface area contributed by atoms with Crippen molar-refractivity contribution in [2.24, 2.45) is 0 Å². The Morgan fingerprint density at radius 3 is 2.57 bits per heavy atom. The molecule has 1 aromatic carbocycles. The van der Waals surface area contributed by atoms with Crippen molar-refractivity contribution in [1.82, 2.24) is 14.5 Å². The summed E-state index contributed by atoms with van der Waals surface area (Å²) in [6.45, 7) is 2.05. The molecule has 1 aliphatic rings. The smallest absolute Gasteiger partial charge is 0.270 e. The average Bonchev–Trinajstić information content (AvgIpc) is 2.69. The van der Waals surface area contributed by atoms with Crippen LogP contribution in [-0.4, -0.2) is 54.1 Å². The lowest BCUT2D eigenvalue weighted by molar-refractivity contribution is -0.385. The van der Waals surface area contributed by atoms with Crippen molar-refractivity contribution in [3.8, 4) is 11.8 Å². The first-order valence-corrected chi connectivity index (χ1v) is 10.0. The lowest BCUT2D eigenvalue weighted by Gasteiger charge is -2.32. The first-order valence-electron chi connectivity index (χ1n) is 8.61. The van der Waals surface area contributed by atoms with Gasteiger partial charge in [-0.15, -0.1) is 10.2 Å². The number of aromatic nitrogens is 2. The van der Waals surface area contributed by atoms with Crippen LogP contribution in [0.3, 0.4) is 0 Å². The van der Waals surface area contributed by atoms with E-state index < -0.39 is 21.1 Å². The second kappa shape index (κ2) is 8.07. The van der Waals surface area contributed by atoms with E-state index in [1.54, 1.807) is 19.1 Å². The molecule has 150 valence electrons. The average molecular weight is 408 g/mol. The molecule has 28 heavy (non-hydrogen) atoms. The second-order valence-corrected chi connectivity index (χ2v) is 8.27. The number of rotatable bonds is 6. The molecule has 10 nitrogen and oxygen atoms in total. The largest absolute Gasteiger partial charge is 0.480 e. The Bertz CT molecular complexity index is 964. The minimum Gasteiger partial charge on any atom is -0.480 e. The standard InChI is InChI=1S/C17H20N4O6S/c1-12-5-6-13(21(22)23)10-15(12)28(24,25)20-9-3-4-14(11-20)27-17-8-7-16(26-2)18-19-17/h5-8,10,14H,3-4,9,11H2,1-2H3. The highest BCUT2D eigenvalue weighted by atomic mass is 32.2. The zero-order valence-electron chi connectivity index (χ0n) is 15.4. The molecule has 1 atom stereocenters. The zero-order valence-corrected chi connectivity index (χ0v) is 16.3. The number of nitro benzene ring substituents is 1. The van der Waals surface area contributed by atoms with Gasteiger partial charge in [-0.05, 0) is 25.3 Å². The van der Waals surface area contributed by atoms with Crippen LogP contribution in [-0.2, 0) is 10.0 Å². The molecule has 0 radical (unpaired) electrons. The Morgan fingerprint density at radius 1 is 1.21 bits per heavy atom. The molecule has 0 saturated carbocycles. The minimum absolute atomic E-state index is 0.0633. The maximum Gasteiger partial charge on any atom is 0.270 e. The van der Waals surface area contributed by atoms with E-state index in [9.17, 15) is 18.5 Å². The van der Waals surface area contributed by atoms with Gasteiger partial charge in [-0.2, -0.15) is 4.31 Å². The lowest BCUT2D eigenvalue weighted by Crippen LogP contribution is -2.44. The van der Waals surface area contributed by atoms with Crippen molar-refractivity contribution in [1.29, 1.82) is 0 Å². The van der Waals surface area contributed by atoms with Crippen molar-refractivity contribution >= 4 is 15.7 Å². The summed E-state index contributed by atoms with van der Waals surface area (Å²) in [5, 5.41) is 18.7. The number of ether oxygens (including phenoxy) is 2. The Hall–Kier alpha value is -2.79. The maximum absolute atomic E-state index is 13.1. The van der Waals surface area contributed by atoms with Crippen LogP contribution in [0, 0.1) is 17.0 Å². The van der Waals surface area contributed by atoms with E-state index in [-0.39, 0.29) is 23.0 Å². The fraction of sp³-hybridized carbons (Fsp3) is 0.412. The minimum atomic E-state index is -3.89. The summed E-state index contributed by atoms with van der Waals surface area (Å²) >= 11 is 0. The molecule has 1 saturated heterocycles. The highest BCUT2D eigenvalue weighted by Crippen LogP contribution is 2.27. The van der Waals surface area contributed by atoms with Gasteiger partial charge in [0.05, 0.1) is 23.5 Å². The number of hydrogen-bond donors (Lipinski definition) is 0. The quantitative estimate of drug-likeness (QED) is 0.524. The Morgan fingerprint density at radius 2 is 1.93 bits per heavy atom. The highest BCUT2D eigenvalue weighted by Gasteiger charge is 2.33. The van der Waals surface area contributed by atoms with Gasteiger partial charge in [0.15, 0.2) is 0 Å². The van der Waals surface area contributed by atoms with Crippen LogP contribution in [0.2, 0.25) is 0 Å². The van der Waals surface area contributed by atoms with Gasteiger partial charge in [-0.1, -0.05) is 6.07 Å². The third-order valence-corrected chi connectivity index (χ3v) is 6.46. The van der Waals surface area contributed by atoms with Gasteiger partial charge in [-0.3, -0.25) is 10.1 Å². The molecule has 0 spiro atoms. The lowest BCUT2D eigenvalue weighted by atomic mass is 10.1. The van der Waals surface area contributed by atoms with Crippen LogP contribution in [0.5, 0.6) is 11.8 Å². The molecule has 2 heterocycles. The van der Waals surface area contributed by atoms with Crippen LogP contribution >= 0.6 is 0 Å².